The highest BCUT2D eigenvalue weighted by atomic mass is 16.5. The van der Waals surface area contributed by atoms with Gasteiger partial charge in [-0.2, -0.15) is 0 Å². The molecule has 2 amide bonds. The van der Waals surface area contributed by atoms with E-state index in [1.54, 1.807) is 7.11 Å². The third-order valence-corrected chi connectivity index (χ3v) is 3.99. The molecular formula is C17H24N2O3. The van der Waals surface area contributed by atoms with E-state index in [4.69, 9.17) is 4.74 Å². The predicted octanol–water partition coefficient (Wildman–Crippen LogP) is 1.66. The number of nitrogens with one attached hydrogen (secondary N) is 2. The summed E-state index contributed by atoms with van der Waals surface area (Å²) >= 11 is 0. The lowest BCUT2D eigenvalue weighted by atomic mass is 10.0. The maximum atomic E-state index is 12.2. The Bertz CT molecular complexity index is 538. The van der Waals surface area contributed by atoms with Crippen molar-refractivity contribution in [1.82, 2.24) is 10.6 Å². The predicted molar refractivity (Wildman–Crippen MR) is 84.7 cm³/mol. The first-order valence-corrected chi connectivity index (χ1v) is 7.82. The summed E-state index contributed by atoms with van der Waals surface area (Å²) in [6.45, 7) is 3.14. The molecule has 5 nitrogen and oxygen atoms in total. The molecule has 2 N–H and O–H groups in total. The van der Waals surface area contributed by atoms with E-state index in [1.165, 1.54) is 0 Å². The van der Waals surface area contributed by atoms with Crippen LogP contribution in [0.2, 0.25) is 0 Å². The summed E-state index contributed by atoms with van der Waals surface area (Å²) in [6, 6.07) is 7.76. The summed E-state index contributed by atoms with van der Waals surface area (Å²) in [5, 5.41) is 5.71. The Hall–Kier alpha value is -2.04. The molecule has 0 saturated heterocycles. The SMILES string of the molecule is CCCNC(=O)C1(C(=O)NCCc2cccc(OC)c2)CC1. The van der Waals surface area contributed by atoms with Crippen molar-refractivity contribution < 1.29 is 14.3 Å². The maximum Gasteiger partial charge on any atom is 0.235 e. The molecule has 2 rings (SSSR count). The Morgan fingerprint density at radius 2 is 1.86 bits per heavy atom. The molecule has 0 bridgehead atoms. The minimum Gasteiger partial charge on any atom is -0.497 e. The monoisotopic (exact) mass is 304 g/mol. The number of carbonyl (C=O) groups is 2. The first kappa shape index (κ1) is 16.3. The number of benzene rings is 1. The van der Waals surface area contributed by atoms with E-state index in [1.807, 2.05) is 31.2 Å². The van der Waals surface area contributed by atoms with Crippen molar-refractivity contribution in [1.29, 1.82) is 0 Å². The van der Waals surface area contributed by atoms with Gasteiger partial charge in [0.1, 0.15) is 11.2 Å². The fourth-order valence-corrected chi connectivity index (χ4v) is 2.41. The smallest absolute Gasteiger partial charge is 0.235 e. The molecule has 0 aromatic heterocycles. The average Bonchev–Trinajstić information content (AvgIpc) is 3.34. The molecule has 0 radical (unpaired) electrons. The average molecular weight is 304 g/mol. The summed E-state index contributed by atoms with van der Waals surface area (Å²) < 4.78 is 5.18. The minimum absolute atomic E-state index is 0.131. The van der Waals surface area contributed by atoms with Gasteiger partial charge in [-0.15, -0.1) is 0 Å². The second kappa shape index (κ2) is 7.29. The minimum atomic E-state index is -0.816. The van der Waals surface area contributed by atoms with Crippen LogP contribution in [-0.4, -0.2) is 32.0 Å². The molecule has 0 spiro atoms. The Balaban J connectivity index is 1.81. The van der Waals surface area contributed by atoms with Gasteiger partial charge in [0, 0.05) is 13.1 Å². The van der Waals surface area contributed by atoms with Gasteiger partial charge in [0.05, 0.1) is 7.11 Å². The van der Waals surface area contributed by atoms with Gasteiger partial charge >= 0.3 is 0 Å². The zero-order valence-electron chi connectivity index (χ0n) is 13.3. The summed E-state index contributed by atoms with van der Waals surface area (Å²) in [5.41, 5.74) is 0.281. The Morgan fingerprint density at radius 3 is 2.45 bits per heavy atom. The molecule has 22 heavy (non-hydrogen) atoms. The van der Waals surface area contributed by atoms with E-state index in [-0.39, 0.29) is 11.8 Å². The highest BCUT2D eigenvalue weighted by Crippen LogP contribution is 2.46. The van der Waals surface area contributed by atoms with E-state index < -0.39 is 5.41 Å². The van der Waals surface area contributed by atoms with Crippen LogP contribution in [0.3, 0.4) is 0 Å². The molecule has 0 unspecified atom stereocenters. The van der Waals surface area contributed by atoms with Crippen LogP contribution in [0.15, 0.2) is 24.3 Å². The van der Waals surface area contributed by atoms with Gasteiger partial charge in [-0.05, 0) is 43.4 Å². The lowest BCUT2D eigenvalue weighted by molar-refractivity contribution is -0.137. The number of methoxy groups -OCH3 is 1. The van der Waals surface area contributed by atoms with Crippen molar-refractivity contribution in [2.45, 2.75) is 32.6 Å². The summed E-state index contributed by atoms with van der Waals surface area (Å²) in [4.78, 5) is 24.3. The van der Waals surface area contributed by atoms with Gasteiger partial charge in [-0.1, -0.05) is 19.1 Å². The quantitative estimate of drug-likeness (QED) is 0.718. The molecule has 1 aromatic rings. The first-order valence-electron chi connectivity index (χ1n) is 7.82. The van der Waals surface area contributed by atoms with Gasteiger partial charge in [-0.25, -0.2) is 0 Å². The molecule has 1 saturated carbocycles. The topological polar surface area (TPSA) is 67.4 Å². The van der Waals surface area contributed by atoms with Crippen molar-refractivity contribution in [3.63, 3.8) is 0 Å². The Morgan fingerprint density at radius 1 is 1.18 bits per heavy atom. The largest absolute Gasteiger partial charge is 0.497 e. The van der Waals surface area contributed by atoms with Crippen LogP contribution in [0.1, 0.15) is 31.7 Å². The first-order chi connectivity index (χ1) is 10.6. The number of rotatable bonds is 8. The van der Waals surface area contributed by atoms with E-state index >= 15 is 0 Å². The summed E-state index contributed by atoms with van der Waals surface area (Å²) in [7, 11) is 1.63. The lowest BCUT2D eigenvalue weighted by Crippen LogP contribution is -2.43. The van der Waals surface area contributed by atoms with Crippen molar-refractivity contribution in [3.8, 4) is 5.75 Å². The van der Waals surface area contributed by atoms with Gasteiger partial charge in [0.2, 0.25) is 11.8 Å². The maximum absolute atomic E-state index is 12.2. The molecule has 1 aliphatic carbocycles. The zero-order valence-corrected chi connectivity index (χ0v) is 13.3. The van der Waals surface area contributed by atoms with Crippen LogP contribution >= 0.6 is 0 Å². The molecular weight excluding hydrogens is 280 g/mol. The molecule has 0 atom stereocenters. The van der Waals surface area contributed by atoms with Crippen LogP contribution in [-0.2, 0) is 16.0 Å². The van der Waals surface area contributed by atoms with Crippen LogP contribution in [0.25, 0.3) is 0 Å². The Kier molecular flexibility index (Phi) is 5.41. The third-order valence-electron chi connectivity index (χ3n) is 3.99. The molecule has 1 aromatic carbocycles. The fraction of sp³-hybridized carbons (Fsp3) is 0.529. The van der Waals surface area contributed by atoms with Gasteiger partial charge in [0.15, 0.2) is 0 Å². The molecule has 1 aliphatic rings. The summed E-state index contributed by atoms with van der Waals surface area (Å²) in [6.07, 6.45) is 2.88. The highest BCUT2D eigenvalue weighted by Gasteiger charge is 2.56. The van der Waals surface area contributed by atoms with E-state index in [0.717, 1.165) is 24.2 Å². The number of carbonyl (C=O) groups excluding carboxylic acids is 2. The van der Waals surface area contributed by atoms with Crippen molar-refractivity contribution >= 4 is 11.8 Å². The number of hydrogen-bond acceptors (Lipinski definition) is 3. The fourth-order valence-electron chi connectivity index (χ4n) is 2.41. The lowest BCUT2D eigenvalue weighted by Gasteiger charge is -2.15. The van der Waals surface area contributed by atoms with Crippen LogP contribution in [0.4, 0.5) is 0 Å². The molecule has 0 aliphatic heterocycles. The number of hydrogen-bond donors (Lipinski definition) is 2. The second-order valence-corrected chi connectivity index (χ2v) is 5.70. The number of amides is 2. The highest BCUT2D eigenvalue weighted by molar-refractivity contribution is 6.07. The van der Waals surface area contributed by atoms with Gasteiger partial charge in [0.25, 0.3) is 0 Å². The molecule has 5 heteroatoms. The third kappa shape index (κ3) is 3.78. The molecule has 120 valence electrons. The van der Waals surface area contributed by atoms with Crippen LogP contribution < -0.4 is 15.4 Å². The molecule has 0 heterocycles. The standard InChI is InChI=1S/C17H24N2O3/c1-3-10-18-15(20)17(8-9-17)16(21)19-11-7-13-5-4-6-14(12-13)22-2/h4-6,12H,3,7-11H2,1-2H3,(H,18,20)(H,19,21). The van der Waals surface area contributed by atoms with E-state index in [0.29, 0.717) is 25.9 Å². The van der Waals surface area contributed by atoms with E-state index in [9.17, 15) is 9.59 Å². The van der Waals surface area contributed by atoms with E-state index in [2.05, 4.69) is 10.6 Å². The Labute approximate surface area is 131 Å². The summed E-state index contributed by atoms with van der Waals surface area (Å²) in [5.74, 6) is 0.527. The number of ether oxygens (including phenoxy) is 1. The zero-order chi connectivity index (χ0) is 16.0. The van der Waals surface area contributed by atoms with Crippen LogP contribution in [0, 0.1) is 5.41 Å². The van der Waals surface area contributed by atoms with Crippen molar-refractivity contribution in [2.75, 3.05) is 20.2 Å². The van der Waals surface area contributed by atoms with Crippen molar-refractivity contribution in [3.05, 3.63) is 29.8 Å². The molecule has 1 fully saturated rings. The van der Waals surface area contributed by atoms with Gasteiger partial charge in [-0.3, -0.25) is 9.59 Å². The van der Waals surface area contributed by atoms with Gasteiger partial charge < -0.3 is 15.4 Å². The van der Waals surface area contributed by atoms with Crippen molar-refractivity contribution in [2.24, 2.45) is 5.41 Å². The second-order valence-electron chi connectivity index (χ2n) is 5.70. The normalized spacial score (nSPS) is 15.0. The van der Waals surface area contributed by atoms with Crippen LogP contribution in [0.5, 0.6) is 5.75 Å².